The molecule has 2 aromatic rings. The summed E-state index contributed by atoms with van der Waals surface area (Å²) in [5.74, 6) is 0. The zero-order chi connectivity index (χ0) is 9.97. The van der Waals surface area contributed by atoms with E-state index in [2.05, 4.69) is 65.6 Å². The van der Waals surface area contributed by atoms with Gasteiger partial charge in [-0.3, -0.25) is 0 Å². The number of benzene rings is 2. The molecule has 2 rings (SSSR count). The van der Waals surface area contributed by atoms with Gasteiger partial charge in [0.2, 0.25) is 0 Å². The maximum absolute atomic E-state index is 3.82. The highest BCUT2D eigenvalue weighted by molar-refractivity contribution is 14.1. The quantitative estimate of drug-likeness (QED) is 0.568. The minimum Gasteiger partial charge on any atom is -0.0984 e. The Balaban J connectivity index is 2.73. The molecule has 0 amide bonds. The van der Waals surface area contributed by atoms with E-state index in [0.717, 1.165) is 4.43 Å². The summed E-state index contributed by atoms with van der Waals surface area (Å²) >= 11 is 2.38. The third kappa shape index (κ3) is 1.69. The van der Waals surface area contributed by atoms with Crippen LogP contribution in [-0.2, 0) is 4.43 Å². The van der Waals surface area contributed by atoms with Gasteiger partial charge >= 0.3 is 0 Å². The van der Waals surface area contributed by atoms with Gasteiger partial charge in [0, 0.05) is 4.43 Å². The molecule has 1 heteroatoms. The Labute approximate surface area is 97.8 Å². The van der Waals surface area contributed by atoms with Gasteiger partial charge in [0.25, 0.3) is 0 Å². The van der Waals surface area contributed by atoms with Crippen molar-refractivity contribution in [3.05, 3.63) is 54.1 Å². The number of fused-ring (bicyclic) bond motifs is 1. The molecule has 0 atom stereocenters. The summed E-state index contributed by atoms with van der Waals surface area (Å²) in [6.45, 7) is 3.82. The van der Waals surface area contributed by atoms with Gasteiger partial charge in [-0.25, -0.2) is 0 Å². The van der Waals surface area contributed by atoms with Crippen molar-refractivity contribution in [3.8, 4) is 0 Å². The first kappa shape index (κ1) is 9.71. The van der Waals surface area contributed by atoms with Crippen LogP contribution in [0.1, 0.15) is 11.1 Å². The summed E-state index contributed by atoms with van der Waals surface area (Å²) in [4.78, 5) is 0. The second-order valence-electron chi connectivity index (χ2n) is 3.24. The molecular weight excluding hydrogens is 283 g/mol. The Morgan fingerprint density at radius 1 is 1.21 bits per heavy atom. The van der Waals surface area contributed by atoms with E-state index in [1.807, 2.05) is 6.08 Å². The van der Waals surface area contributed by atoms with Crippen LogP contribution in [0.3, 0.4) is 0 Å². The van der Waals surface area contributed by atoms with Crippen LogP contribution < -0.4 is 0 Å². The lowest BCUT2D eigenvalue weighted by molar-refractivity contribution is 1.48. The normalized spacial score (nSPS) is 10.4. The van der Waals surface area contributed by atoms with Gasteiger partial charge in [-0.1, -0.05) is 71.6 Å². The lowest BCUT2D eigenvalue weighted by atomic mass is 10.0. The van der Waals surface area contributed by atoms with Gasteiger partial charge in [-0.05, 0) is 21.9 Å². The molecule has 0 saturated heterocycles. The second kappa shape index (κ2) is 4.13. The zero-order valence-electron chi connectivity index (χ0n) is 7.83. The highest BCUT2D eigenvalue weighted by Crippen LogP contribution is 2.22. The van der Waals surface area contributed by atoms with Crippen molar-refractivity contribution in [1.29, 1.82) is 0 Å². The highest BCUT2D eigenvalue weighted by Gasteiger charge is 1.98. The van der Waals surface area contributed by atoms with Crippen molar-refractivity contribution in [2.45, 2.75) is 4.43 Å². The Hall–Kier alpha value is -0.830. The molecule has 0 saturated carbocycles. The standard InChI is InChI=1S/C13H11I/c1-2-11-4-3-5-12-8-10(9-14)6-7-13(11)12/h2-8H,1,9H2. The molecule has 0 aromatic heterocycles. The van der Waals surface area contributed by atoms with Gasteiger partial charge in [0.1, 0.15) is 0 Å². The van der Waals surface area contributed by atoms with E-state index in [-0.39, 0.29) is 0 Å². The van der Waals surface area contributed by atoms with Gasteiger partial charge in [0.15, 0.2) is 0 Å². The molecule has 0 radical (unpaired) electrons. The molecule has 70 valence electrons. The third-order valence-electron chi connectivity index (χ3n) is 2.35. The van der Waals surface area contributed by atoms with E-state index >= 15 is 0 Å². The summed E-state index contributed by atoms with van der Waals surface area (Å²) in [6.07, 6.45) is 1.91. The molecule has 0 aliphatic carbocycles. The van der Waals surface area contributed by atoms with Crippen LogP contribution in [0, 0.1) is 0 Å². The molecule has 0 unspecified atom stereocenters. The average Bonchev–Trinajstić information content (AvgIpc) is 2.27. The fourth-order valence-corrected chi connectivity index (χ4v) is 2.09. The van der Waals surface area contributed by atoms with Crippen LogP contribution in [0.15, 0.2) is 43.0 Å². The fourth-order valence-electron chi connectivity index (χ4n) is 1.62. The van der Waals surface area contributed by atoms with Crippen LogP contribution in [0.25, 0.3) is 16.8 Å². The lowest BCUT2D eigenvalue weighted by Gasteiger charge is -2.03. The molecule has 14 heavy (non-hydrogen) atoms. The monoisotopic (exact) mass is 294 g/mol. The first-order chi connectivity index (χ1) is 6.85. The number of halogens is 1. The predicted molar refractivity (Wildman–Crippen MR) is 71.8 cm³/mol. The van der Waals surface area contributed by atoms with E-state index in [1.54, 1.807) is 0 Å². The number of rotatable bonds is 2. The Kier molecular flexibility index (Phi) is 2.87. The molecule has 0 heterocycles. The number of hydrogen-bond acceptors (Lipinski definition) is 0. The van der Waals surface area contributed by atoms with E-state index in [0.29, 0.717) is 0 Å². The summed E-state index contributed by atoms with van der Waals surface area (Å²) < 4.78 is 1.06. The maximum atomic E-state index is 3.82. The topological polar surface area (TPSA) is 0 Å². The van der Waals surface area contributed by atoms with Crippen LogP contribution in [0.4, 0.5) is 0 Å². The summed E-state index contributed by atoms with van der Waals surface area (Å²) in [7, 11) is 0. The zero-order valence-corrected chi connectivity index (χ0v) is 9.99. The molecular formula is C13H11I. The first-order valence-electron chi connectivity index (χ1n) is 4.55. The predicted octanol–water partition coefficient (Wildman–Crippen LogP) is 4.42. The highest BCUT2D eigenvalue weighted by atomic mass is 127. The summed E-state index contributed by atoms with van der Waals surface area (Å²) in [5, 5.41) is 2.59. The van der Waals surface area contributed by atoms with Gasteiger partial charge in [-0.15, -0.1) is 0 Å². The number of hydrogen-bond donors (Lipinski definition) is 0. The summed E-state index contributed by atoms with van der Waals surface area (Å²) in [5.41, 5.74) is 2.59. The van der Waals surface area contributed by atoms with E-state index in [1.165, 1.54) is 21.9 Å². The minimum absolute atomic E-state index is 1.06. The fraction of sp³-hybridized carbons (Fsp3) is 0.0769. The van der Waals surface area contributed by atoms with Crippen LogP contribution >= 0.6 is 22.6 Å². The van der Waals surface area contributed by atoms with Crippen molar-refractivity contribution < 1.29 is 0 Å². The SMILES string of the molecule is C=Cc1cccc2cc(CI)ccc12. The molecule has 0 N–H and O–H groups in total. The Morgan fingerprint density at radius 3 is 2.79 bits per heavy atom. The third-order valence-corrected chi connectivity index (χ3v) is 3.23. The van der Waals surface area contributed by atoms with E-state index < -0.39 is 0 Å². The van der Waals surface area contributed by atoms with Gasteiger partial charge < -0.3 is 0 Å². The average molecular weight is 294 g/mol. The molecule has 0 spiro atoms. The van der Waals surface area contributed by atoms with Crippen molar-refractivity contribution in [3.63, 3.8) is 0 Å². The van der Waals surface area contributed by atoms with Crippen LogP contribution in [0.5, 0.6) is 0 Å². The molecule has 0 aliphatic heterocycles. The van der Waals surface area contributed by atoms with Gasteiger partial charge in [-0.2, -0.15) is 0 Å². The maximum Gasteiger partial charge on any atom is 0.0247 e. The summed E-state index contributed by atoms with van der Waals surface area (Å²) in [6, 6.07) is 12.9. The van der Waals surface area contributed by atoms with Gasteiger partial charge in [0.05, 0.1) is 0 Å². The smallest absolute Gasteiger partial charge is 0.0247 e. The second-order valence-corrected chi connectivity index (χ2v) is 4.00. The minimum atomic E-state index is 1.06. The largest absolute Gasteiger partial charge is 0.0984 e. The Morgan fingerprint density at radius 2 is 2.07 bits per heavy atom. The molecule has 0 nitrogen and oxygen atoms in total. The first-order valence-corrected chi connectivity index (χ1v) is 6.08. The van der Waals surface area contributed by atoms with E-state index in [4.69, 9.17) is 0 Å². The van der Waals surface area contributed by atoms with Crippen molar-refractivity contribution in [1.82, 2.24) is 0 Å². The van der Waals surface area contributed by atoms with Crippen molar-refractivity contribution in [2.24, 2.45) is 0 Å². The molecule has 2 aromatic carbocycles. The van der Waals surface area contributed by atoms with Crippen molar-refractivity contribution in [2.75, 3.05) is 0 Å². The van der Waals surface area contributed by atoms with E-state index in [9.17, 15) is 0 Å². The molecule has 0 aliphatic rings. The van der Waals surface area contributed by atoms with Crippen LogP contribution in [-0.4, -0.2) is 0 Å². The lowest BCUT2D eigenvalue weighted by Crippen LogP contribution is -1.81. The van der Waals surface area contributed by atoms with Crippen molar-refractivity contribution >= 4 is 39.4 Å². The molecule has 0 bridgehead atoms. The molecule has 0 fully saturated rings. The number of alkyl halides is 1. The van der Waals surface area contributed by atoms with Crippen LogP contribution in [0.2, 0.25) is 0 Å². The Bertz CT molecular complexity index is 472.